The molecule has 1 heterocycles. The molecule has 1 unspecified atom stereocenters. The summed E-state index contributed by atoms with van der Waals surface area (Å²) in [4.78, 5) is 15.2. The van der Waals surface area contributed by atoms with Gasteiger partial charge in [-0.25, -0.2) is 0 Å². The van der Waals surface area contributed by atoms with Crippen molar-refractivity contribution in [2.24, 2.45) is 0 Å². The summed E-state index contributed by atoms with van der Waals surface area (Å²) < 4.78 is 6.10. The van der Waals surface area contributed by atoms with E-state index in [0.29, 0.717) is 13.0 Å². The van der Waals surface area contributed by atoms with Crippen molar-refractivity contribution in [3.63, 3.8) is 0 Å². The summed E-state index contributed by atoms with van der Waals surface area (Å²) in [6.07, 6.45) is 3.53. The minimum atomic E-state index is -0.574. The van der Waals surface area contributed by atoms with E-state index in [4.69, 9.17) is 4.74 Å². The Hall–Kier alpha value is -1.81. The number of hydrogen-bond acceptors (Lipinski definition) is 2. The molecule has 1 aliphatic rings. The lowest BCUT2D eigenvalue weighted by Crippen LogP contribution is -2.50. The lowest BCUT2D eigenvalue weighted by Gasteiger charge is -2.41. The summed E-state index contributed by atoms with van der Waals surface area (Å²) in [7, 11) is 1.88. The maximum Gasteiger partial charge on any atom is 0.237 e. The van der Waals surface area contributed by atoms with E-state index in [1.807, 2.05) is 48.3 Å². The van der Waals surface area contributed by atoms with E-state index in [2.05, 4.69) is 35.0 Å². The van der Waals surface area contributed by atoms with Gasteiger partial charge in [0.15, 0.2) is 0 Å². The quantitative estimate of drug-likeness (QED) is 0.464. The number of benzene rings is 2. The van der Waals surface area contributed by atoms with Crippen LogP contribution in [0.3, 0.4) is 0 Å². The number of ether oxygens (including phenoxy) is 1. The van der Waals surface area contributed by atoms with E-state index in [1.54, 1.807) is 0 Å². The highest BCUT2D eigenvalue weighted by Gasteiger charge is 2.46. The standard InChI is InChI=1S/C22H26BrNO2/c1-3-22(16-17-10-4-6-12-19(17)24(2)21(22)25)18-11-5-7-13-20(18)26-15-9-8-14-23/h4-7,10-13H,3,8-9,14-16H2,1-2H3. The maximum atomic E-state index is 13.4. The van der Waals surface area contributed by atoms with E-state index < -0.39 is 5.41 Å². The average molecular weight is 416 g/mol. The molecule has 0 aromatic heterocycles. The van der Waals surface area contributed by atoms with E-state index in [9.17, 15) is 4.79 Å². The normalized spacial score (nSPS) is 19.3. The molecule has 0 spiro atoms. The Balaban J connectivity index is 2.00. The molecule has 1 atom stereocenters. The van der Waals surface area contributed by atoms with Crippen molar-refractivity contribution >= 4 is 27.5 Å². The van der Waals surface area contributed by atoms with Crippen molar-refractivity contribution in [2.45, 2.75) is 38.0 Å². The van der Waals surface area contributed by atoms with Gasteiger partial charge in [0.1, 0.15) is 5.75 Å². The summed E-state index contributed by atoms with van der Waals surface area (Å²) in [5.41, 5.74) is 2.66. The number of alkyl halides is 1. The van der Waals surface area contributed by atoms with Gasteiger partial charge in [-0.15, -0.1) is 0 Å². The number of carbonyl (C=O) groups excluding carboxylic acids is 1. The highest BCUT2D eigenvalue weighted by molar-refractivity contribution is 9.09. The van der Waals surface area contributed by atoms with Gasteiger partial charge in [0.2, 0.25) is 5.91 Å². The molecule has 0 radical (unpaired) electrons. The smallest absolute Gasteiger partial charge is 0.237 e. The predicted octanol–water partition coefficient (Wildman–Crippen LogP) is 5.11. The molecule has 2 aromatic carbocycles. The fourth-order valence-electron chi connectivity index (χ4n) is 3.86. The fraction of sp³-hybridized carbons (Fsp3) is 0.409. The molecule has 1 aliphatic heterocycles. The number of likely N-dealkylation sites (N-methyl/N-ethyl adjacent to an activating group) is 1. The van der Waals surface area contributed by atoms with E-state index in [-0.39, 0.29) is 5.91 Å². The lowest BCUT2D eigenvalue weighted by atomic mass is 9.69. The third kappa shape index (κ3) is 3.39. The summed E-state index contributed by atoms with van der Waals surface area (Å²) in [6, 6.07) is 16.2. The molecule has 0 fully saturated rings. The molecule has 0 N–H and O–H groups in total. The van der Waals surface area contributed by atoms with Gasteiger partial charge in [-0.05, 0) is 43.4 Å². The summed E-state index contributed by atoms with van der Waals surface area (Å²) >= 11 is 3.46. The van der Waals surface area contributed by atoms with Crippen LogP contribution in [0.15, 0.2) is 48.5 Å². The number of hydrogen-bond donors (Lipinski definition) is 0. The van der Waals surface area contributed by atoms with E-state index in [1.165, 1.54) is 5.56 Å². The predicted molar refractivity (Wildman–Crippen MR) is 110 cm³/mol. The van der Waals surface area contributed by atoms with E-state index in [0.717, 1.165) is 41.6 Å². The summed E-state index contributed by atoms with van der Waals surface area (Å²) in [5.74, 6) is 0.986. The number of unbranched alkanes of at least 4 members (excludes halogenated alkanes) is 1. The third-order valence-corrected chi connectivity index (χ3v) is 5.91. The van der Waals surface area contributed by atoms with Crippen molar-refractivity contribution in [3.8, 4) is 5.75 Å². The zero-order valence-corrected chi connectivity index (χ0v) is 17.1. The van der Waals surface area contributed by atoms with E-state index >= 15 is 0 Å². The Morgan fingerprint density at radius 3 is 2.62 bits per heavy atom. The van der Waals surface area contributed by atoms with Crippen LogP contribution in [0.2, 0.25) is 0 Å². The fourth-order valence-corrected chi connectivity index (χ4v) is 4.26. The molecule has 0 aliphatic carbocycles. The molecule has 1 amide bonds. The lowest BCUT2D eigenvalue weighted by molar-refractivity contribution is -0.124. The van der Waals surface area contributed by atoms with Gasteiger partial charge < -0.3 is 9.64 Å². The second-order valence-electron chi connectivity index (χ2n) is 6.85. The Bertz CT molecular complexity index is 776. The van der Waals surface area contributed by atoms with Crippen LogP contribution >= 0.6 is 15.9 Å². The molecule has 138 valence electrons. The highest BCUT2D eigenvalue weighted by atomic mass is 79.9. The number of anilines is 1. The number of nitrogens with zero attached hydrogens (tertiary/aromatic N) is 1. The molecule has 3 rings (SSSR count). The van der Waals surface area contributed by atoms with Gasteiger partial charge in [-0.2, -0.15) is 0 Å². The van der Waals surface area contributed by atoms with Crippen LogP contribution in [0.1, 0.15) is 37.3 Å². The summed E-state index contributed by atoms with van der Waals surface area (Å²) in [5, 5.41) is 0.983. The molecule has 2 aromatic rings. The Kier molecular flexibility index (Phi) is 6.02. The first-order valence-electron chi connectivity index (χ1n) is 9.28. The van der Waals surface area contributed by atoms with Crippen LogP contribution in [0.4, 0.5) is 5.69 Å². The van der Waals surface area contributed by atoms with Crippen LogP contribution in [0.5, 0.6) is 5.75 Å². The van der Waals surface area contributed by atoms with Gasteiger partial charge in [0.25, 0.3) is 0 Å². The zero-order valence-electron chi connectivity index (χ0n) is 15.5. The molecule has 26 heavy (non-hydrogen) atoms. The van der Waals surface area contributed by atoms with Crippen LogP contribution in [0, 0.1) is 0 Å². The Morgan fingerprint density at radius 1 is 1.12 bits per heavy atom. The third-order valence-electron chi connectivity index (χ3n) is 5.35. The second kappa shape index (κ2) is 8.26. The molecule has 3 nitrogen and oxygen atoms in total. The molecule has 4 heteroatoms. The number of carbonyl (C=O) groups is 1. The topological polar surface area (TPSA) is 29.5 Å². The SMILES string of the molecule is CCC1(c2ccccc2OCCCCBr)Cc2ccccc2N(C)C1=O. The van der Waals surface area contributed by atoms with Crippen LogP contribution in [-0.4, -0.2) is 24.9 Å². The molecular weight excluding hydrogens is 390 g/mol. The van der Waals surface area contributed by atoms with Gasteiger partial charge in [0, 0.05) is 23.6 Å². The van der Waals surface area contributed by atoms with Gasteiger partial charge in [-0.3, -0.25) is 4.79 Å². The van der Waals surface area contributed by atoms with Crippen molar-refractivity contribution < 1.29 is 9.53 Å². The first kappa shape index (κ1) is 19.0. The average Bonchev–Trinajstić information content (AvgIpc) is 2.68. The monoisotopic (exact) mass is 415 g/mol. The molecular formula is C22H26BrNO2. The van der Waals surface area contributed by atoms with Crippen molar-refractivity contribution in [1.29, 1.82) is 0 Å². The first-order valence-corrected chi connectivity index (χ1v) is 10.4. The number of amides is 1. The summed E-state index contributed by atoms with van der Waals surface area (Å²) in [6.45, 7) is 2.77. The number of fused-ring (bicyclic) bond motifs is 1. The minimum absolute atomic E-state index is 0.148. The van der Waals surface area contributed by atoms with Gasteiger partial charge in [-0.1, -0.05) is 59.3 Å². The number of para-hydroxylation sites is 2. The van der Waals surface area contributed by atoms with Crippen molar-refractivity contribution in [2.75, 3.05) is 23.9 Å². The highest BCUT2D eigenvalue weighted by Crippen LogP contribution is 2.44. The van der Waals surface area contributed by atoms with Crippen molar-refractivity contribution in [1.82, 2.24) is 0 Å². The van der Waals surface area contributed by atoms with Gasteiger partial charge >= 0.3 is 0 Å². The molecule has 0 saturated heterocycles. The largest absolute Gasteiger partial charge is 0.493 e. The van der Waals surface area contributed by atoms with Crippen molar-refractivity contribution in [3.05, 3.63) is 59.7 Å². The van der Waals surface area contributed by atoms with Crippen LogP contribution in [-0.2, 0) is 16.6 Å². The number of rotatable bonds is 7. The van der Waals surface area contributed by atoms with Gasteiger partial charge in [0.05, 0.1) is 12.0 Å². The maximum absolute atomic E-state index is 13.4. The van der Waals surface area contributed by atoms with Crippen LogP contribution in [0.25, 0.3) is 0 Å². The second-order valence-corrected chi connectivity index (χ2v) is 7.64. The van der Waals surface area contributed by atoms with Crippen LogP contribution < -0.4 is 9.64 Å². The first-order chi connectivity index (χ1) is 12.6. The molecule has 0 bridgehead atoms. The zero-order chi connectivity index (χ0) is 18.6. The Morgan fingerprint density at radius 2 is 1.85 bits per heavy atom. The number of halogens is 1. The Labute approximate surface area is 164 Å². The minimum Gasteiger partial charge on any atom is -0.493 e. The molecule has 0 saturated carbocycles.